The van der Waals surface area contributed by atoms with Crippen LogP contribution in [-0.4, -0.2) is 50.8 Å². The number of carbonyl (C=O) groups is 1. The third-order valence-electron chi connectivity index (χ3n) is 5.84. The van der Waals surface area contributed by atoms with Gasteiger partial charge in [0, 0.05) is 34.0 Å². The van der Waals surface area contributed by atoms with E-state index in [1.54, 1.807) is 40.4 Å². The van der Waals surface area contributed by atoms with Gasteiger partial charge >= 0.3 is 5.97 Å². The number of halogens is 1. The minimum Gasteiger partial charge on any atom is -0.477 e. The summed E-state index contributed by atoms with van der Waals surface area (Å²) in [4.78, 5) is 37.2. The minimum absolute atomic E-state index is 0.211. The first kappa shape index (κ1) is 21.4. The van der Waals surface area contributed by atoms with E-state index in [1.165, 1.54) is 17.1 Å². The van der Waals surface area contributed by atoms with Crippen LogP contribution in [0, 0.1) is 0 Å². The highest BCUT2D eigenvalue weighted by Gasteiger charge is 2.29. The van der Waals surface area contributed by atoms with E-state index in [2.05, 4.69) is 25.5 Å². The van der Waals surface area contributed by atoms with E-state index >= 15 is 0 Å². The summed E-state index contributed by atoms with van der Waals surface area (Å²) in [6, 6.07) is 8.00. The molecule has 0 radical (unpaired) electrons. The largest absolute Gasteiger partial charge is 0.477 e. The molecular formula is C22H15ClN8O3S. The lowest BCUT2D eigenvalue weighted by atomic mass is 10.1. The van der Waals surface area contributed by atoms with E-state index in [4.69, 9.17) is 16.6 Å². The first-order chi connectivity index (χ1) is 17.0. The van der Waals surface area contributed by atoms with Crippen molar-refractivity contribution in [2.75, 3.05) is 0 Å². The molecule has 35 heavy (non-hydrogen) atoms. The molecule has 0 bridgehead atoms. The number of tetrazole rings is 1. The second-order valence-corrected chi connectivity index (χ2v) is 9.27. The average Bonchev–Trinajstić information content (AvgIpc) is 3.64. The summed E-state index contributed by atoms with van der Waals surface area (Å²) in [5, 5.41) is 22.7. The molecule has 174 valence electrons. The van der Waals surface area contributed by atoms with Crippen molar-refractivity contribution in [3.8, 4) is 28.2 Å². The fourth-order valence-corrected chi connectivity index (χ4v) is 5.18. The SMILES string of the molecule is O=C(O)c1cc(-c2cnc([C@@H]3CCc4nc(-c5cc(Cl)ccc5-n5cnnn5)cc(=O)n43)[nH]2)cs1. The molecule has 5 aromatic rings. The Bertz CT molecular complexity index is 1640. The summed E-state index contributed by atoms with van der Waals surface area (Å²) in [6.07, 6.45) is 4.35. The molecule has 1 aromatic carbocycles. The Morgan fingerprint density at radius 2 is 2.14 bits per heavy atom. The number of hydrogen-bond donors (Lipinski definition) is 2. The van der Waals surface area contributed by atoms with Crippen LogP contribution < -0.4 is 5.56 Å². The van der Waals surface area contributed by atoms with Crippen LogP contribution in [0.4, 0.5) is 0 Å². The molecule has 0 aliphatic carbocycles. The maximum Gasteiger partial charge on any atom is 0.345 e. The molecule has 0 amide bonds. The van der Waals surface area contributed by atoms with Crippen LogP contribution in [-0.2, 0) is 6.42 Å². The van der Waals surface area contributed by atoms with Crippen LogP contribution in [0.25, 0.3) is 28.2 Å². The fraction of sp³-hybridized carbons (Fsp3) is 0.136. The smallest absolute Gasteiger partial charge is 0.345 e. The molecule has 1 aliphatic heterocycles. The first-order valence-electron chi connectivity index (χ1n) is 10.5. The number of fused-ring (bicyclic) bond motifs is 1. The molecule has 0 spiro atoms. The van der Waals surface area contributed by atoms with Gasteiger partial charge in [-0.3, -0.25) is 9.36 Å². The van der Waals surface area contributed by atoms with Gasteiger partial charge in [0.15, 0.2) is 0 Å². The summed E-state index contributed by atoms with van der Waals surface area (Å²) < 4.78 is 3.13. The number of aromatic amines is 1. The number of carboxylic acid groups (broad SMARTS) is 1. The van der Waals surface area contributed by atoms with E-state index in [9.17, 15) is 14.7 Å². The second kappa shape index (κ2) is 8.25. The minimum atomic E-state index is -0.970. The number of nitrogens with zero attached hydrogens (tertiary/aromatic N) is 7. The normalized spacial score (nSPS) is 14.8. The monoisotopic (exact) mass is 506 g/mol. The van der Waals surface area contributed by atoms with Gasteiger partial charge in [-0.15, -0.1) is 16.4 Å². The van der Waals surface area contributed by atoms with E-state index in [0.717, 1.165) is 16.9 Å². The van der Waals surface area contributed by atoms with Gasteiger partial charge in [0.25, 0.3) is 5.56 Å². The molecule has 11 nitrogen and oxygen atoms in total. The summed E-state index contributed by atoms with van der Waals surface area (Å²) in [5.41, 5.74) is 2.99. The molecule has 4 aromatic heterocycles. The Balaban J connectivity index is 1.37. The molecule has 0 unspecified atom stereocenters. The molecule has 0 saturated carbocycles. The van der Waals surface area contributed by atoms with Crippen LogP contribution in [0.3, 0.4) is 0 Å². The first-order valence-corrected chi connectivity index (χ1v) is 11.8. The van der Waals surface area contributed by atoms with Gasteiger partial charge in [-0.05, 0) is 41.1 Å². The maximum absolute atomic E-state index is 13.3. The maximum atomic E-state index is 13.3. The molecule has 2 N–H and O–H groups in total. The predicted octanol–water partition coefficient (Wildman–Crippen LogP) is 3.22. The molecule has 5 heterocycles. The molecule has 0 fully saturated rings. The number of hydrogen-bond acceptors (Lipinski definition) is 8. The van der Waals surface area contributed by atoms with Gasteiger partial charge < -0.3 is 10.1 Å². The Morgan fingerprint density at radius 3 is 2.91 bits per heavy atom. The summed E-state index contributed by atoms with van der Waals surface area (Å²) in [5.74, 6) is 0.291. The summed E-state index contributed by atoms with van der Waals surface area (Å²) in [6.45, 7) is 0. The number of carboxylic acids is 1. The van der Waals surface area contributed by atoms with Crippen LogP contribution in [0.15, 0.2) is 53.0 Å². The van der Waals surface area contributed by atoms with Crippen LogP contribution >= 0.6 is 22.9 Å². The summed E-state index contributed by atoms with van der Waals surface area (Å²) in [7, 11) is 0. The van der Waals surface area contributed by atoms with Crippen molar-refractivity contribution < 1.29 is 9.90 Å². The number of thiophene rings is 1. The van der Waals surface area contributed by atoms with E-state index < -0.39 is 5.97 Å². The summed E-state index contributed by atoms with van der Waals surface area (Å²) >= 11 is 7.39. The standard InChI is InChI=1S/C22H15ClN8O3S/c23-12-1-2-16(30-10-25-28-29-30)13(6-12)14-7-20(32)31-17(3-4-19(31)26-14)21-24-8-15(27-21)11-5-18(22(33)34)35-9-11/h1-2,5-10,17H,3-4H2,(H,24,27)(H,33,34)/t17-/m0/s1. The molecule has 1 atom stereocenters. The van der Waals surface area contributed by atoms with Crippen molar-refractivity contribution in [2.45, 2.75) is 18.9 Å². The Labute approximate surface area is 205 Å². The average molecular weight is 507 g/mol. The lowest BCUT2D eigenvalue weighted by molar-refractivity contribution is 0.0702. The molecule has 13 heteroatoms. The van der Waals surface area contributed by atoms with Gasteiger partial charge in [0.1, 0.15) is 22.9 Å². The van der Waals surface area contributed by atoms with Gasteiger partial charge in [0.05, 0.1) is 29.3 Å². The molecular weight excluding hydrogens is 492 g/mol. The number of rotatable bonds is 5. The zero-order chi connectivity index (χ0) is 24.1. The van der Waals surface area contributed by atoms with E-state index in [1.807, 2.05) is 0 Å². The third-order valence-corrected chi connectivity index (χ3v) is 6.99. The van der Waals surface area contributed by atoms with Gasteiger partial charge in [0.2, 0.25) is 0 Å². The van der Waals surface area contributed by atoms with E-state index in [-0.39, 0.29) is 16.5 Å². The van der Waals surface area contributed by atoms with Gasteiger partial charge in [-0.1, -0.05) is 11.6 Å². The fourth-order valence-electron chi connectivity index (χ4n) is 4.27. The van der Waals surface area contributed by atoms with Crippen molar-refractivity contribution >= 4 is 28.9 Å². The van der Waals surface area contributed by atoms with Crippen molar-refractivity contribution in [3.63, 3.8) is 0 Å². The Hall–Kier alpha value is -4.16. The van der Waals surface area contributed by atoms with Crippen molar-refractivity contribution in [1.29, 1.82) is 0 Å². The van der Waals surface area contributed by atoms with E-state index in [0.29, 0.717) is 52.2 Å². The third kappa shape index (κ3) is 3.72. The molecule has 1 aliphatic rings. The highest BCUT2D eigenvalue weighted by molar-refractivity contribution is 7.12. The second-order valence-electron chi connectivity index (χ2n) is 7.92. The zero-order valence-corrected chi connectivity index (χ0v) is 19.4. The number of aromatic nitrogens is 8. The van der Waals surface area contributed by atoms with Crippen LogP contribution in [0.2, 0.25) is 5.02 Å². The lowest BCUT2D eigenvalue weighted by Crippen LogP contribution is -2.25. The number of imidazole rings is 1. The molecule has 6 rings (SSSR count). The molecule has 0 saturated heterocycles. The highest BCUT2D eigenvalue weighted by Crippen LogP contribution is 2.33. The number of aromatic carboxylic acids is 1. The van der Waals surface area contributed by atoms with Crippen LogP contribution in [0.5, 0.6) is 0 Å². The number of H-pyrrole nitrogens is 1. The van der Waals surface area contributed by atoms with Gasteiger partial charge in [-0.2, -0.15) is 4.68 Å². The lowest BCUT2D eigenvalue weighted by Gasteiger charge is -2.14. The van der Waals surface area contributed by atoms with Crippen molar-refractivity contribution in [3.05, 3.63) is 80.1 Å². The predicted molar refractivity (Wildman–Crippen MR) is 127 cm³/mol. The van der Waals surface area contributed by atoms with Crippen LogP contribution in [0.1, 0.15) is 33.8 Å². The highest BCUT2D eigenvalue weighted by atomic mass is 35.5. The van der Waals surface area contributed by atoms with Crippen molar-refractivity contribution in [1.82, 2.24) is 39.7 Å². The van der Waals surface area contributed by atoms with Gasteiger partial charge in [-0.25, -0.2) is 14.8 Å². The topological polar surface area (TPSA) is 144 Å². The van der Waals surface area contributed by atoms with Crippen molar-refractivity contribution in [2.24, 2.45) is 0 Å². The Morgan fingerprint density at radius 1 is 1.26 bits per heavy atom. The number of nitrogens with one attached hydrogen (secondary N) is 1. The number of aryl methyl sites for hydroxylation is 1. The number of benzene rings is 1. The Kier molecular flexibility index (Phi) is 5.04. The zero-order valence-electron chi connectivity index (χ0n) is 17.8. The quantitative estimate of drug-likeness (QED) is 0.369.